The first-order valence-corrected chi connectivity index (χ1v) is 7.48. The van der Waals surface area contributed by atoms with Crippen LogP contribution < -0.4 is 10.6 Å². The number of rotatable bonds is 4. The van der Waals surface area contributed by atoms with Crippen molar-refractivity contribution in [1.82, 2.24) is 15.2 Å². The summed E-state index contributed by atoms with van der Waals surface area (Å²) in [7, 11) is 0. The molecule has 0 radical (unpaired) electrons. The van der Waals surface area contributed by atoms with Crippen LogP contribution in [0.4, 0.5) is 23.1 Å². The Bertz CT molecular complexity index is 829. The number of benzene rings is 2. The van der Waals surface area contributed by atoms with E-state index in [4.69, 9.17) is 0 Å². The second-order valence-corrected chi connectivity index (χ2v) is 5.55. The summed E-state index contributed by atoms with van der Waals surface area (Å²) < 4.78 is 0. The molecule has 0 unspecified atom stereocenters. The fourth-order valence-electron chi connectivity index (χ4n) is 2.34. The van der Waals surface area contributed by atoms with Crippen LogP contribution in [0.25, 0.3) is 0 Å². The highest BCUT2D eigenvalue weighted by Crippen LogP contribution is 2.21. The number of nitrogens with one attached hydrogen (secondary N) is 2. The van der Waals surface area contributed by atoms with Gasteiger partial charge in [-0.15, -0.1) is 5.10 Å². The van der Waals surface area contributed by atoms with E-state index < -0.39 is 0 Å². The maximum atomic E-state index is 4.47. The van der Waals surface area contributed by atoms with Gasteiger partial charge in [0, 0.05) is 11.4 Å². The molecule has 1 aromatic heterocycles. The van der Waals surface area contributed by atoms with Gasteiger partial charge in [0.05, 0.1) is 6.20 Å². The van der Waals surface area contributed by atoms with E-state index in [9.17, 15) is 0 Å². The summed E-state index contributed by atoms with van der Waals surface area (Å²) in [5.74, 6) is 1.12. The number of aryl methyl sites for hydroxylation is 3. The van der Waals surface area contributed by atoms with Gasteiger partial charge < -0.3 is 10.6 Å². The third kappa shape index (κ3) is 3.63. The molecule has 0 aliphatic carbocycles. The van der Waals surface area contributed by atoms with E-state index in [1.54, 1.807) is 6.20 Å². The van der Waals surface area contributed by atoms with Crippen molar-refractivity contribution in [3.05, 3.63) is 65.4 Å². The summed E-state index contributed by atoms with van der Waals surface area (Å²) in [6.07, 6.45) is 1.61. The number of nitrogens with zero attached hydrogens (tertiary/aromatic N) is 3. The minimum atomic E-state index is 0.468. The van der Waals surface area contributed by atoms with Crippen LogP contribution in [0.15, 0.2) is 48.7 Å². The molecular formula is C18H19N5. The van der Waals surface area contributed by atoms with Crippen LogP contribution in [-0.4, -0.2) is 15.2 Å². The van der Waals surface area contributed by atoms with Gasteiger partial charge in [0.2, 0.25) is 5.95 Å². The van der Waals surface area contributed by atoms with Gasteiger partial charge in [-0.05, 0) is 44.0 Å². The molecule has 3 rings (SSSR count). The minimum absolute atomic E-state index is 0.468. The number of anilines is 4. The van der Waals surface area contributed by atoms with Crippen LogP contribution >= 0.6 is 0 Å². The molecule has 0 fully saturated rings. The molecule has 0 aliphatic rings. The summed E-state index contributed by atoms with van der Waals surface area (Å²) >= 11 is 0. The van der Waals surface area contributed by atoms with E-state index in [1.165, 1.54) is 5.56 Å². The highest BCUT2D eigenvalue weighted by molar-refractivity contribution is 5.62. The smallest absolute Gasteiger partial charge is 0.249 e. The Kier molecular flexibility index (Phi) is 4.19. The molecule has 2 N–H and O–H groups in total. The standard InChI is InChI=1S/C18H19N5/c1-12-8-9-16(14(3)10-12)21-18-22-17(11-19-23-18)20-15-7-5-4-6-13(15)2/h4-11H,1-3H3,(H2,20,21,22,23). The lowest BCUT2D eigenvalue weighted by atomic mass is 10.1. The Morgan fingerprint density at radius 1 is 0.826 bits per heavy atom. The van der Waals surface area contributed by atoms with Crippen molar-refractivity contribution >= 4 is 23.1 Å². The molecular weight excluding hydrogens is 286 g/mol. The normalized spacial score (nSPS) is 10.4. The Labute approximate surface area is 135 Å². The zero-order valence-corrected chi connectivity index (χ0v) is 13.5. The SMILES string of the molecule is Cc1ccc(Nc2nncc(Nc3ccccc3C)n2)c(C)c1. The van der Waals surface area contributed by atoms with E-state index in [0.717, 1.165) is 22.5 Å². The second-order valence-electron chi connectivity index (χ2n) is 5.55. The van der Waals surface area contributed by atoms with Crippen LogP contribution in [0.3, 0.4) is 0 Å². The first-order valence-electron chi connectivity index (χ1n) is 7.48. The third-order valence-corrected chi connectivity index (χ3v) is 3.60. The van der Waals surface area contributed by atoms with Crippen molar-refractivity contribution in [3.8, 4) is 0 Å². The molecule has 0 atom stereocenters. The van der Waals surface area contributed by atoms with Crippen LogP contribution in [-0.2, 0) is 0 Å². The second kappa shape index (κ2) is 6.44. The van der Waals surface area contributed by atoms with E-state index >= 15 is 0 Å². The predicted molar refractivity (Wildman–Crippen MR) is 93.5 cm³/mol. The topological polar surface area (TPSA) is 62.7 Å². The first-order chi connectivity index (χ1) is 11.1. The maximum Gasteiger partial charge on any atom is 0.249 e. The van der Waals surface area contributed by atoms with Crippen LogP contribution in [0.1, 0.15) is 16.7 Å². The van der Waals surface area contributed by atoms with Gasteiger partial charge in [0.15, 0.2) is 5.82 Å². The first kappa shape index (κ1) is 15.0. The lowest BCUT2D eigenvalue weighted by Crippen LogP contribution is -2.03. The van der Waals surface area contributed by atoms with E-state index in [-0.39, 0.29) is 0 Å². The summed E-state index contributed by atoms with van der Waals surface area (Å²) in [5.41, 5.74) is 5.50. The van der Waals surface area contributed by atoms with E-state index in [2.05, 4.69) is 51.8 Å². The van der Waals surface area contributed by atoms with Gasteiger partial charge in [0.1, 0.15) is 0 Å². The predicted octanol–water partition coefficient (Wildman–Crippen LogP) is 4.28. The number of aromatic nitrogens is 3. The molecule has 0 saturated carbocycles. The molecule has 0 saturated heterocycles. The third-order valence-electron chi connectivity index (χ3n) is 3.60. The van der Waals surface area contributed by atoms with Gasteiger partial charge in [-0.3, -0.25) is 0 Å². The van der Waals surface area contributed by atoms with Crippen molar-refractivity contribution in [2.24, 2.45) is 0 Å². The van der Waals surface area contributed by atoms with Crippen molar-refractivity contribution in [2.75, 3.05) is 10.6 Å². The highest BCUT2D eigenvalue weighted by atomic mass is 15.3. The van der Waals surface area contributed by atoms with Crippen molar-refractivity contribution in [2.45, 2.75) is 20.8 Å². The molecule has 0 aliphatic heterocycles. The largest absolute Gasteiger partial charge is 0.339 e. The molecule has 2 aromatic carbocycles. The minimum Gasteiger partial charge on any atom is -0.339 e. The average molecular weight is 305 g/mol. The van der Waals surface area contributed by atoms with Gasteiger partial charge in [-0.25, -0.2) is 0 Å². The Morgan fingerprint density at radius 2 is 1.61 bits per heavy atom. The fraction of sp³-hybridized carbons (Fsp3) is 0.167. The fourth-order valence-corrected chi connectivity index (χ4v) is 2.34. The van der Waals surface area contributed by atoms with Crippen LogP contribution in [0, 0.1) is 20.8 Å². The molecule has 1 heterocycles. The Morgan fingerprint density at radius 3 is 2.39 bits per heavy atom. The van der Waals surface area contributed by atoms with Crippen molar-refractivity contribution < 1.29 is 0 Å². The Balaban J connectivity index is 1.81. The summed E-state index contributed by atoms with van der Waals surface area (Å²) in [6, 6.07) is 14.2. The number of hydrogen-bond acceptors (Lipinski definition) is 5. The van der Waals surface area contributed by atoms with Gasteiger partial charge in [0.25, 0.3) is 0 Å². The summed E-state index contributed by atoms with van der Waals surface area (Å²) in [4.78, 5) is 4.47. The molecule has 0 spiro atoms. The number of para-hydroxylation sites is 1. The number of hydrogen-bond donors (Lipinski definition) is 2. The quantitative estimate of drug-likeness (QED) is 0.753. The molecule has 23 heavy (non-hydrogen) atoms. The van der Waals surface area contributed by atoms with E-state index in [0.29, 0.717) is 11.8 Å². The lowest BCUT2D eigenvalue weighted by Gasteiger charge is -2.11. The molecule has 5 nitrogen and oxygen atoms in total. The Hall–Kier alpha value is -2.95. The summed E-state index contributed by atoms with van der Waals surface area (Å²) in [5, 5.41) is 14.6. The zero-order chi connectivity index (χ0) is 16.2. The van der Waals surface area contributed by atoms with E-state index in [1.807, 2.05) is 37.3 Å². The van der Waals surface area contributed by atoms with Crippen molar-refractivity contribution in [1.29, 1.82) is 0 Å². The van der Waals surface area contributed by atoms with Gasteiger partial charge >= 0.3 is 0 Å². The highest BCUT2D eigenvalue weighted by Gasteiger charge is 2.05. The molecule has 0 bridgehead atoms. The summed E-state index contributed by atoms with van der Waals surface area (Å²) in [6.45, 7) is 6.17. The molecule has 116 valence electrons. The molecule has 5 heteroatoms. The van der Waals surface area contributed by atoms with Gasteiger partial charge in [-0.1, -0.05) is 35.9 Å². The van der Waals surface area contributed by atoms with Crippen LogP contribution in [0.2, 0.25) is 0 Å². The lowest BCUT2D eigenvalue weighted by molar-refractivity contribution is 0.981. The maximum absolute atomic E-state index is 4.47. The average Bonchev–Trinajstić information content (AvgIpc) is 2.53. The monoisotopic (exact) mass is 305 g/mol. The molecule has 3 aromatic rings. The van der Waals surface area contributed by atoms with Crippen LogP contribution in [0.5, 0.6) is 0 Å². The van der Waals surface area contributed by atoms with Gasteiger partial charge in [-0.2, -0.15) is 10.1 Å². The zero-order valence-electron chi connectivity index (χ0n) is 13.5. The van der Waals surface area contributed by atoms with Crippen molar-refractivity contribution in [3.63, 3.8) is 0 Å². The molecule has 0 amide bonds.